The molecule has 1 heterocycles. The first-order valence-corrected chi connectivity index (χ1v) is 6.51. The maximum absolute atomic E-state index is 12.7. The van der Waals surface area contributed by atoms with Crippen molar-refractivity contribution in [3.63, 3.8) is 0 Å². The van der Waals surface area contributed by atoms with Crippen LogP contribution in [0.1, 0.15) is 24.2 Å². The average Bonchev–Trinajstić information content (AvgIpc) is 2.65. The Balaban J connectivity index is 2.32. The van der Waals surface area contributed by atoms with Crippen LogP contribution in [0.4, 0.5) is 13.2 Å². The summed E-state index contributed by atoms with van der Waals surface area (Å²) in [6.45, 7) is 2.09. The summed E-state index contributed by atoms with van der Waals surface area (Å²) in [5.41, 5.74) is 1.41. The highest BCUT2D eigenvalue weighted by molar-refractivity contribution is 5.84. The third-order valence-electron chi connectivity index (χ3n) is 3.46. The fourth-order valence-electron chi connectivity index (χ4n) is 2.48. The molecular weight excluding hydrogens is 285 g/mol. The number of hydrogen-bond acceptors (Lipinski definition) is 3. The number of methoxy groups -OCH3 is 1. The Hall–Kier alpha value is -1.76. The van der Waals surface area contributed by atoms with E-state index in [0.29, 0.717) is 11.3 Å². The molecule has 0 saturated carbocycles. The predicted octanol–water partition coefficient (Wildman–Crippen LogP) is 2.38. The van der Waals surface area contributed by atoms with E-state index in [1.165, 1.54) is 7.11 Å². The molecule has 0 aromatic heterocycles. The number of carbonyl (C=O) groups excluding carboxylic acids is 1. The van der Waals surface area contributed by atoms with E-state index in [1.54, 1.807) is 32.0 Å². The number of carbonyl (C=O) groups is 1. The Morgan fingerprint density at radius 1 is 1.38 bits per heavy atom. The van der Waals surface area contributed by atoms with Gasteiger partial charge in [0.25, 0.3) is 0 Å². The molecule has 1 N–H and O–H groups in total. The second-order valence-electron chi connectivity index (χ2n) is 5.10. The quantitative estimate of drug-likeness (QED) is 0.932. The molecule has 116 valence electrons. The number of nitrogens with one attached hydrogen (secondary N) is 1. The predicted molar refractivity (Wildman–Crippen MR) is 70.8 cm³/mol. The van der Waals surface area contributed by atoms with Gasteiger partial charge in [-0.25, -0.2) is 0 Å². The number of nitrogens with zero attached hydrogens (tertiary/aromatic N) is 1. The van der Waals surface area contributed by atoms with Gasteiger partial charge in [-0.3, -0.25) is 10.1 Å². The van der Waals surface area contributed by atoms with Gasteiger partial charge >= 0.3 is 6.18 Å². The molecule has 1 amide bonds. The minimum atomic E-state index is -4.43. The second-order valence-corrected chi connectivity index (χ2v) is 5.10. The van der Waals surface area contributed by atoms with Gasteiger partial charge in [0.1, 0.15) is 18.5 Å². The molecule has 21 heavy (non-hydrogen) atoms. The molecule has 1 aromatic rings. The highest BCUT2D eigenvalue weighted by atomic mass is 19.4. The van der Waals surface area contributed by atoms with E-state index in [-0.39, 0.29) is 0 Å². The number of rotatable bonds is 3. The van der Waals surface area contributed by atoms with E-state index in [0.717, 1.165) is 10.5 Å². The molecule has 7 heteroatoms. The van der Waals surface area contributed by atoms with Gasteiger partial charge in [0.2, 0.25) is 5.91 Å². The maximum atomic E-state index is 12.7. The lowest BCUT2D eigenvalue weighted by Gasteiger charge is -2.26. The number of ether oxygens (including phenoxy) is 1. The van der Waals surface area contributed by atoms with E-state index in [1.807, 2.05) is 0 Å². The molecule has 1 aromatic carbocycles. The number of alkyl halides is 3. The SMILES string of the molecule is COc1ccc(C2NC(C)C(=O)N2CC(F)(F)F)cc1C. The molecule has 1 aliphatic rings. The minimum absolute atomic E-state index is 0.550. The number of amides is 1. The minimum Gasteiger partial charge on any atom is -0.496 e. The Morgan fingerprint density at radius 2 is 2.05 bits per heavy atom. The summed E-state index contributed by atoms with van der Waals surface area (Å²) in [7, 11) is 1.53. The van der Waals surface area contributed by atoms with Gasteiger partial charge in [0.05, 0.1) is 13.2 Å². The lowest BCUT2D eigenvalue weighted by Crippen LogP contribution is -2.38. The zero-order valence-electron chi connectivity index (χ0n) is 12.0. The van der Waals surface area contributed by atoms with E-state index in [2.05, 4.69) is 5.32 Å². The lowest BCUT2D eigenvalue weighted by atomic mass is 10.1. The Morgan fingerprint density at radius 3 is 2.57 bits per heavy atom. The summed E-state index contributed by atoms with van der Waals surface area (Å²) in [6, 6.07) is 4.44. The van der Waals surface area contributed by atoms with Crippen LogP contribution in [-0.2, 0) is 4.79 Å². The van der Waals surface area contributed by atoms with Crippen molar-refractivity contribution in [2.75, 3.05) is 13.7 Å². The zero-order valence-corrected chi connectivity index (χ0v) is 12.0. The first-order chi connectivity index (χ1) is 9.73. The molecule has 2 atom stereocenters. The Bertz CT molecular complexity index is 546. The highest BCUT2D eigenvalue weighted by Crippen LogP contribution is 2.31. The summed E-state index contributed by atoms with van der Waals surface area (Å²) in [5.74, 6) is 0.101. The van der Waals surface area contributed by atoms with Crippen LogP contribution in [-0.4, -0.2) is 36.7 Å². The molecule has 1 saturated heterocycles. The third-order valence-corrected chi connectivity index (χ3v) is 3.46. The number of aryl methyl sites for hydroxylation is 1. The van der Waals surface area contributed by atoms with Crippen LogP contribution in [0.5, 0.6) is 5.75 Å². The van der Waals surface area contributed by atoms with Crippen LogP contribution in [0.15, 0.2) is 18.2 Å². The van der Waals surface area contributed by atoms with Crippen LogP contribution in [0, 0.1) is 6.92 Å². The van der Waals surface area contributed by atoms with Gasteiger partial charge in [-0.15, -0.1) is 0 Å². The molecular formula is C14H17F3N2O2. The third kappa shape index (κ3) is 3.29. The van der Waals surface area contributed by atoms with Crippen LogP contribution in [0.25, 0.3) is 0 Å². The first-order valence-electron chi connectivity index (χ1n) is 6.51. The average molecular weight is 302 g/mol. The number of hydrogen-bond donors (Lipinski definition) is 1. The molecule has 1 fully saturated rings. The fraction of sp³-hybridized carbons (Fsp3) is 0.500. The standard InChI is InChI=1S/C14H17F3N2O2/c1-8-6-10(4-5-11(8)21-3)12-18-9(2)13(20)19(12)7-14(15,16)17/h4-6,9,12,18H,7H2,1-3H3. The van der Waals surface area contributed by atoms with Crippen molar-refractivity contribution in [2.24, 2.45) is 0 Å². The van der Waals surface area contributed by atoms with E-state index in [9.17, 15) is 18.0 Å². The van der Waals surface area contributed by atoms with Crippen LogP contribution in [0.2, 0.25) is 0 Å². The van der Waals surface area contributed by atoms with Gasteiger partial charge in [0, 0.05) is 0 Å². The van der Waals surface area contributed by atoms with Crippen molar-refractivity contribution >= 4 is 5.91 Å². The fourth-order valence-corrected chi connectivity index (χ4v) is 2.48. The number of benzene rings is 1. The number of halogens is 3. The molecule has 4 nitrogen and oxygen atoms in total. The van der Waals surface area contributed by atoms with Gasteiger partial charge in [-0.05, 0) is 37.1 Å². The van der Waals surface area contributed by atoms with Crippen molar-refractivity contribution < 1.29 is 22.7 Å². The monoisotopic (exact) mass is 302 g/mol. The summed E-state index contributed by atoms with van der Waals surface area (Å²) in [6.07, 6.45) is -5.21. The molecule has 0 spiro atoms. The molecule has 2 unspecified atom stereocenters. The van der Waals surface area contributed by atoms with Gasteiger partial charge in [-0.1, -0.05) is 6.07 Å². The van der Waals surface area contributed by atoms with Crippen LogP contribution in [0.3, 0.4) is 0 Å². The van der Waals surface area contributed by atoms with Gasteiger partial charge < -0.3 is 9.64 Å². The zero-order chi connectivity index (χ0) is 15.8. The van der Waals surface area contributed by atoms with Crippen LogP contribution >= 0.6 is 0 Å². The van der Waals surface area contributed by atoms with E-state index >= 15 is 0 Å². The van der Waals surface area contributed by atoms with Crippen LogP contribution < -0.4 is 10.1 Å². The summed E-state index contributed by atoms with van der Waals surface area (Å²) >= 11 is 0. The summed E-state index contributed by atoms with van der Waals surface area (Å²) in [5, 5.41) is 2.89. The van der Waals surface area contributed by atoms with E-state index in [4.69, 9.17) is 4.74 Å². The van der Waals surface area contributed by atoms with Crippen molar-refractivity contribution in [2.45, 2.75) is 32.2 Å². The van der Waals surface area contributed by atoms with Gasteiger partial charge in [0.15, 0.2) is 0 Å². The lowest BCUT2D eigenvalue weighted by molar-refractivity contribution is -0.161. The summed E-state index contributed by atoms with van der Waals surface area (Å²) in [4.78, 5) is 12.7. The normalized spacial score (nSPS) is 22.8. The molecule has 2 rings (SSSR count). The summed E-state index contributed by atoms with van der Waals surface area (Å²) < 4.78 is 43.1. The Labute approximate surface area is 120 Å². The maximum Gasteiger partial charge on any atom is 0.406 e. The molecule has 0 radical (unpaired) electrons. The first kappa shape index (κ1) is 15.6. The van der Waals surface area contributed by atoms with Gasteiger partial charge in [-0.2, -0.15) is 13.2 Å². The van der Waals surface area contributed by atoms with Crippen molar-refractivity contribution in [3.8, 4) is 5.75 Å². The Kier molecular flexibility index (Phi) is 4.13. The topological polar surface area (TPSA) is 41.6 Å². The largest absolute Gasteiger partial charge is 0.496 e. The molecule has 0 aliphatic carbocycles. The van der Waals surface area contributed by atoms with Crippen molar-refractivity contribution in [1.29, 1.82) is 0 Å². The van der Waals surface area contributed by atoms with Crippen molar-refractivity contribution in [1.82, 2.24) is 10.2 Å². The van der Waals surface area contributed by atoms with E-state index < -0.39 is 30.8 Å². The smallest absolute Gasteiger partial charge is 0.406 e. The van der Waals surface area contributed by atoms with Crippen molar-refractivity contribution in [3.05, 3.63) is 29.3 Å². The molecule has 1 aliphatic heterocycles. The molecule has 0 bridgehead atoms. The highest BCUT2D eigenvalue weighted by Gasteiger charge is 2.43. The second kappa shape index (κ2) is 5.55.